The Hall–Kier alpha value is -8.50. The lowest BCUT2D eigenvalue weighted by Gasteiger charge is -2.27. The molecule has 0 aliphatic carbocycles. The van der Waals surface area contributed by atoms with Gasteiger partial charge in [0.2, 0.25) is 0 Å². The van der Waals surface area contributed by atoms with Crippen molar-refractivity contribution < 1.29 is 0 Å². The summed E-state index contributed by atoms with van der Waals surface area (Å²) in [6.45, 7) is 0. The third kappa shape index (κ3) is 6.79. The molecule has 0 saturated heterocycles. The van der Waals surface area contributed by atoms with Gasteiger partial charge in [-0.3, -0.25) is 0 Å². The molecule has 0 bridgehead atoms. The number of hydrogen-bond donors (Lipinski definition) is 0. The highest BCUT2D eigenvalue weighted by atomic mass is 32.1. The second-order valence-corrected chi connectivity index (χ2v) is 18.4. The highest BCUT2D eigenvalue weighted by Gasteiger charge is 2.18. The zero-order valence-corrected chi connectivity index (χ0v) is 37.4. The number of rotatable bonds is 8. The van der Waals surface area contributed by atoms with Gasteiger partial charge in [0.05, 0.1) is 5.69 Å². The van der Waals surface area contributed by atoms with Crippen molar-refractivity contribution in [3.63, 3.8) is 0 Å². The molecule has 0 amide bonds. The first-order valence-electron chi connectivity index (χ1n) is 22.9. The van der Waals surface area contributed by atoms with Gasteiger partial charge in [-0.05, 0) is 145 Å². The van der Waals surface area contributed by atoms with Gasteiger partial charge in [0, 0.05) is 54.0 Å². The lowest BCUT2D eigenvalue weighted by atomic mass is 9.94. The van der Waals surface area contributed by atoms with Crippen LogP contribution in [-0.2, 0) is 0 Å². The Morgan fingerprint density at radius 2 is 0.657 bits per heavy atom. The molecule has 0 saturated carbocycles. The van der Waals surface area contributed by atoms with Crippen molar-refractivity contribution >= 4 is 109 Å². The number of para-hydroxylation sites is 1. The molecule has 13 rings (SSSR count). The average Bonchev–Trinajstić information content (AvgIpc) is 3.78. The number of hydrogen-bond acceptors (Lipinski definition) is 3. The minimum Gasteiger partial charge on any atom is -0.310 e. The van der Waals surface area contributed by atoms with Crippen LogP contribution in [0, 0.1) is 0 Å². The maximum absolute atomic E-state index is 2.40. The van der Waals surface area contributed by atoms with Crippen LogP contribution in [0.3, 0.4) is 0 Å². The van der Waals surface area contributed by atoms with Crippen LogP contribution in [0.25, 0.3) is 85.5 Å². The average molecular weight is 871 g/mol. The third-order valence-electron chi connectivity index (χ3n) is 13.4. The first kappa shape index (κ1) is 38.9. The summed E-state index contributed by atoms with van der Waals surface area (Å²) < 4.78 is 2.64. The maximum Gasteiger partial charge on any atom is 0.0540 e. The molecule has 1 heterocycles. The Morgan fingerprint density at radius 1 is 0.224 bits per heavy atom. The zero-order valence-electron chi connectivity index (χ0n) is 36.6. The highest BCUT2D eigenvalue weighted by molar-refractivity contribution is 7.25. The van der Waals surface area contributed by atoms with Crippen LogP contribution in [0.15, 0.2) is 255 Å². The molecule has 0 N–H and O–H groups in total. The first-order valence-corrected chi connectivity index (χ1v) is 23.7. The molecule has 13 aromatic rings. The van der Waals surface area contributed by atoms with Gasteiger partial charge in [-0.2, -0.15) is 0 Å². The van der Waals surface area contributed by atoms with E-state index in [1.165, 1.54) is 74.4 Å². The predicted octanol–water partition coefficient (Wildman–Crippen LogP) is 18.9. The third-order valence-corrected chi connectivity index (χ3v) is 14.6. The van der Waals surface area contributed by atoms with Gasteiger partial charge in [-0.1, -0.05) is 170 Å². The number of fused-ring (bicyclic) bond motifs is 10. The van der Waals surface area contributed by atoms with Crippen molar-refractivity contribution in [3.8, 4) is 22.3 Å². The Balaban J connectivity index is 0.895. The molecule has 0 spiro atoms. The van der Waals surface area contributed by atoms with Crippen molar-refractivity contribution in [1.29, 1.82) is 0 Å². The highest BCUT2D eigenvalue weighted by Crippen LogP contribution is 2.44. The van der Waals surface area contributed by atoms with E-state index >= 15 is 0 Å². The second kappa shape index (κ2) is 16.2. The Morgan fingerprint density at radius 3 is 1.30 bits per heavy atom. The normalized spacial score (nSPS) is 11.6. The summed E-state index contributed by atoms with van der Waals surface area (Å²) in [6, 6.07) is 93.2. The minimum atomic E-state index is 1.09. The molecule has 12 aromatic carbocycles. The van der Waals surface area contributed by atoms with Crippen LogP contribution in [0.2, 0.25) is 0 Å². The topological polar surface area (TPSA) is 6.48 Å². The molecule has 0 atom stereocenters. The number of nitrogens with zero attached hydrogens (tertiary/aromatic N) is 2. The summed E-state index contributed by atoms with van der Waals surface area (Å²) in [5, 5.41) is 12.7. The summed E-state index contributed by atoms with van der Waals surface area (Å²) in [5.41, 5.74) is 11.4. The van der Waals surface area contributed by atoms with E-state index in [0.717, 1.165) is 45.3 Å². The van der Waals surface area contributed by atoms with Crippen LogP contribution in [0.1, 0.15) is 0 Å². The molecule has 0 aliphatic heterocycles. The SMILES string of the molecule is c1ccc(N(c2ccc(-c3ccc(N(c4ccc(-c5ccc6sc7ccccc7c6c5)cc4)c4ccc5c6ccccc6c6ccccc6c5c4)cc3)cc2)c2cccc3ccccc23)cc1. The van der Waals surface area contributed by atoms with Gasteiger partial charge in [0.15, 0.2) is 0 Å². The standard InChI is InChI=1S/C64H42N2S/c1-2-15-48(16-3-1)66(62-23-12-14-46-13-4-5-17-53(46)62)51-36-27-44(28-37-51)43-25-32-49(33-26-43)65(52-38-39-58-56-20-7-6-18-54(56)55-19-8-9-21-57(55)60(58)42-52)50-34-29-45(30-35-50)47-31-40-64-61(41-47)59-22-10-11-24-63(59)67-64/h1-42H. The first-order chi connectivity index (χ1) is 33.2. The molecule has 3 heteroatoms. The van der Waals surface area contributed by atoms with Gasteiger partial charge in [0.1, 0.15) is 0 Å². The predicted molar refractivity (Wildman–Crippen MR) is 290 cm³/mol. The Labute approximate surface area is 393 Å². The fourth-order valence-corrected chi connectivity index (χ4v) is 11.3. The van der Waals surface area contributed by atoms with Gasteiger partial charge >= 0.3 is 0 Å². The maximum atomic E-state index is 2.40. The van der Waals surface area contributed by atoms with Crippen LogP contribution in [-0.4, -0.2) is 0 Å². The fourth-order valence-electron chi connectivity index (χ4n) is 10.2. The number of benzene rings is 12. The molecule has 0 unspecified atom stereocenters. The van der Waals surface area contributed by atoms with E-state index in [4.69, 9.17) is 0 Å². The molecule has 0 fully saturated rings. The smallest absolute Gasteiger partial charge is 0.0540 e. The van der Waals surface area contributed by atoms with Gasteiger partial charge in [0.25, 0.3) is 0 Å². The van der Waals surface area contributed by atoms with E-state index in [1.54, 1.807) is 0 Å². The van der Waals surface area contributed by atoms with Crippen LogP contribution < -0.4 is 9.80 Å². The Bertz CT molecular complexity index is 3930. The van der Waals surface area contributed by atoms with Gasteiger partial charge < -0.3 is 9.80 Å². The van der Waals surface area contributed by atoms with Crippen LogP contribution in [0.5, 0.6) is 0 Å². The summed E-state index contributed by atoms with van der Waals surface area (Å²) in [7, 11) is 0. The Kier molecular flexibility index (Phi) is 9.40. The monoisotopic (exact) mass is 870 g/mol. The van der Waals surface area contributed by atoms with Gasteiger partial charge in [-0.25, -0.2) is 0 Å². The van der Waals surface area contributed by atoms with Crippen molar-refractivity contribution in [2.24, 2.45) is 0 Å². The quantitative estimate of drug-likeness (QED) is 0.140. The summed E-state index contributed by atoms with van der Waals surface area (Å²) in [6.07, 6.45) is 0. The lowest BCUT2D eigenvalue weighted by molar-refractivity contribution is 1.29. The van der Waals surface area contributed by atoms with E-state index in [9.17, 15) is 0 Å². The minimum absolute atomic E-state index is 1.09. The van der Waals surface area contributed by atoms with Crippen LogP contribution in [0.4, 0.5) is 34.1 Å². The van der Waals surface area contributed by atoms with Crippen molar-refractivity contribution in [3.05, 3.63) is 255 Å². The molecular weight excluding hydrogens is 829 g/mol. The zero-order chi connectivity index (χ0) is 44.3. The number of anilines is 6. The molecule has 0 radical (unpaired) electrons. The lowest BCUT2D eigenvalue weighted by Crippen LogP contribution is -2.10. The van der Waals surface area contributed by atoms with E-state index in [-0.39, 0.29) is 0 Å². The molecule has 1 aromatic heterocycles. The van der Waals surface area contributed by atoms with Crippen molar-refractivity contribution in [1.82, 2.24) is 0 Å². The van der Waals surface area contributed by atoms with Gasteiger partial charge in [-0.15, -0.1) is 11.3 Å². The van der Waals surface area contributed by atoms with E-state index < -0.39 is 0 Å². The molecule has 67 heavy (non-hydrogen) atoms. The molecule has 2 nitrogen and oxygen atoms in total. The molecule has 314 valence electrons. The summed E-state index contributed by atoms with van der Waals surface area (Å²) >= 11 is 1.86. The van der Waals surface area contributed by atoms with E-state index in [1.807, 2.05) is 11.3 Å². The second-order valence-electron chi connectivity index (χ2n) is 17.3. The van der Waals surface area contributed by atoms with Crippen LogP contribution >= 0.6 is 11.3 Å². The molecule has 0 aliphatic rings. The van der Waals surface area contributed by atoms with Crippen molar-refractivity contribution in [2.45, 2.75) is 0 Å². The largest absolute Gasteiger partial charge is 0.310 e. The van der Waals surface area contributed by atoms with E-state index in [2.05, 4.69) is 265 Å². The summed E-state index contributed by atoms with van der Waals surface area (Å²) in [4.78, 5) is 4.76. The number of thiophene rings is 1. The fraction of sp³-hybridized carbons (Fsp3) is 0. The summed E-state index contributed by atoms with van der Waals surface area (Å²) in [5.74, 6) is 0. The van der Waals surface area contributed by atoms with E-state index in [0.29, 0.717) is 0 Å². The van der Waals surface area contributed by atoms with Crippen molar-refractivity contribution in [2.75, 3.05) is 9.80 Å². The molecular formula is C64H42N2S.